The summed E-state index contributed by atoms with van der Waals surface area (Å²) in [5.41, 5.74) is 3.43. The fraction of sp³-hybridized carbons (Fsp3) is 0.375. The Morgan fingerprint density at radius 2 is 2.05 bits per heavy atom. The van der Waals surface area contributed by atoms with Crippen LogP contribution in [0.15, 0.2) is 18.2 Å². The number of halogens is 1. The number of fused-ring (bicyclic) bond motifs is 1. The van der Waals surface area contributed by atoms with Gasteiger partial charge in [0.05, 0.1) is 0 Å². The lowest BCUT2D eigenvalue weighted by molar-refractivity contribution is 0.218. The molecule has 0 spiro atoms. The van der Waals surface area contributed by atoms with Crippen molar-refractivity contribution >= 4 is 23.1 Å². The van der Waals surface area contributed by atoms with Gasteiger partial charge in [-0.15, -0.1) is 11.3 Å². The van der Waals surface area contributed by atoms with Crippen LogP contribution in [0, 0.1) is 19.7 Å². The Bertz CT molecular complexity index is 601. The van der Waals surface area contributed by atoms with Gasteiger partial charge in [-0.25, -0.2) is 4.39 Å². The van der Waals surface area contributed by atoms with Gasteiger partial charge in [-0.05, 0) is 54.8 Å². The predicted octanol–water partition coefficient (Wildman–Crippen LogP) is 4.38. The van der Waals surface area contributed by atoms with E-state index in [2.05, 4.69) is 6.07 Å². The first-order valence-electron chi connectivity index (χ1n) is 6.70. The van der Waals surface area contributed by atoms with Crippen LogP contribution >= 0.6 is 23.1 Å². The minimum Gasteiger partial charge on any atom is -0.383 e. The molecule has 106 valence electrons. The maximum Gasteiger partial charge on any atom is 0.129 e. The smallest absolute Gasteiger partial charge is 0.129 e. The predicted molar refractivity (Wildman–Crippen MR) is 84.1 cm³/mol. The van der Waals surface area contributed by atoms with E-state index in [-0.39, 0.29) is 5.82 Å². The van der Waals surface area contributed by atoms with Crippen molar-refractivity contribution in [2.24, 2.45) is 0 Å². The first-order valence-corrected chi connectivity index (χ1v) is 8.67. The van der Waals surface area contributed by atoms with Gasteiger partial charge in [0.15, 0.2) is 0 Å². The van der Waals surface area contributed by atoms with Crippen LogP contribution in [-0.2, 0) is 12.2 Å². The lowest BCUT2D eigenvalue weighted by atomic mass is 9.99. The molecule has 1 aliphatic heterocycles. The van der Waals surface area contributed by atoms with Gasteiger partial charge in [-0.2, -0.15) is 11.8 Å². The summed E-state index contributed by atoms with van der Waals surface area (Å²) in [5, 5.41) is 10.6. The maximum absolute atomic E-state index is 14.2. The highest BCUT2D eigenvalue weighted by molar-refractivity contribution is 7.98. The molecule has 0 aliphatic carbocycles. The Labute approximate surface area is 126 Å². The van der Waals surface area contributed by atoms with E-state index < -0.39 is 6.10 Å². The van der Waals surface area contributed by atoms with Gasteiger partial charge < -0.3 is 5.11 Å². The zero-order valence-corrected chi connectivity index (χ0v) is 13.2. The molecule has 1 N–H and O–H groups in total. The quantitative estimate of drug-likeness (QED) is 0.888. The number of aryl methyl sites for hydroxylation is 3. The molecule has 0 amide bonds. The number of thioether (sulfide) groups is 1. The first kappa shape index (κ1) is 14.1. The Morgan fingerprint density at radius 1 is 1.25 bits per heavy atom. The van der Waals surface area contributed by atoms with E-state index in [1.165, 1.54) is 16.5 Å². The number of hydrogen-bond donors (Lipinski definition) is 1. The maximum atomic E-state index is 14.2. The third kappa shape index (κ3) is 2.52. The Hall–Kier alpha value is -0.840. The Kier molecular flexibility index (Phi) is 3.89. The first-order chi connectivity index (χ1) is 9.56. The Morgan fingerprint density at radius 3 is 2.75 bits per heavy atom. The molecule has 4 heteroatoms. The molecule has 0 bridgehead atoms. The van der Waals surface area contributed by atoms with Crippen LogP contribution in [0.3, 0.4) is 0 Å². The normalized spacial score (nSPS) is 16.0. The standard InChI is InChI=1S/C16H17FOS2/c1-9-5-10(2)15(12(17)6-9)16(18)14-7-11-8-19-4-3-13(11)20-14/h5-7,16,18H,3-4,8H2,1-2H3. The average molecular weight is 308 g/mol. The molecule has 3 rings (SSSR count). The van der Waals surface area contributed by atoms with Crippen molar-refractivity contribution in [1.29, 1.82) is 0 Å². The van der Waals surface area contributed by atoms with Gasteiger partial charge in [0.2, 0.25) is 0 Å². The van der Waals surface area contributed by atoms with E-state index in [0.717, 1.165) is 33.9 Å². The molecule has 1 aromatic carbocycles. The highest BCUT2D eigenvalue weighted by Crippen LogP contribution is 2.38. The molecule has 1 aromatic heterocycles. The summed E-state index contributed by atoms with van der Waals surface area (Å²) in [6, 6.07) is 5.47. The average Bonchev–Trinajstić information content (AvgIpc) is 2.81. The van der Waals surface area contributed by atoms with Crippen molar-refractivity contribution < 1.29 is 9.50 Å². The summed E-state index contributed by atoms with van der Waals surface area (Å²) >= 11 is 3.55. The number of benzene rings is 1. The molecule has 1 aliphatic rings. The molecule has 1 atom stereocenters. The molecule has 2 heterocycles. The van der Waals surface area contributed by atoms with E-state index >= 15 is 0 Å². The van der Waals surface area contributed by atoms with Crippen molar-refractivity contribution in [3.8, 4) is 0 Å². The van der Waals surface area contributed by atoms with Crippen LogP contribution in [-0.4, -0.2) is 10.9 Å². The van der Waals surface area contributed by atoms with Gasteiger partial charge in [0.25, 0.3) is 0 Å². The van der Waals surface area contributed by atoms with E-state index in [4.69, 9.17) is 0 Å². The van der Waals surface area contributed by atoms with E-state index in [9.17, 15) is 9.50 Å². The summed E-state index contributed by atoms with van der Waals surface area (Å²) in [4.78, 5) is 2.21. The molecular weight excluding hydrogens is 291 g/mol. The molecule has 2 aromatic rings. The molecular formula is C16H17FOS2. The Balaban J connectivity index is 2.00. The molecule has 0 saturated heterocycles. The lowest BCUT2D eigenvalue weighted by Crippen LogP contribution is -2.04. The van der Waals surface area contributed by atoms with Crippen LogP contribution in [0.2, 0.25) is 0 Å². The fourth-order valence-corrected chi connectivity index (χ4v) is 5.09. The van der Waals surface area contributed by atoms with Crippen molar-refractivity contribution in [2.75, 3.05) is 5.75 Å². The SMILES string of the molecule is Cc1cc(C)c(C(O)c2cc3c(s2)CCSC3)c(F)c1. The van der Waals surface area contributed by atoms with Crippen LogP contribution in [0.5, 0.6) is 0 Å². The van der Waals surface area contributed by atoms with E-state index in [1.54, 1.807) is 11.3 Å². The van der Waals surface area contributed by atoms with Crippen LogP contribution < -0.4 is 0 Å². The largest absolute Gasteiger partial charge is 0.383 e. The fourth-order valence-electron chi connectivity index (χ4n) is 2.72. The van der Waals surface area contributed by atoms with Crippen LogP contribution in [0.25, 0.3) is 0 Å². The summed E-state index contributed by atoms with van der Waals surface area (Å²) in [6.07, 6.45) is 0.212. The van der Waals surface area contributed by atoms with E-state index in [1.807, 2.05) is 31.7 Å². The third-order valence-electron chi connectivity index (χ3n) is 3.67. The second-order valence-corrected chi connectivity index (χ2v) is 7.55. The monoisotopic (exact) mass is 308 g/mol. The van der Waals surface area contributed by atoms with Gasteiger partial charge >= 0.3 is 0 Å². The zero-order chi connectivity index (χ0) is 14.3. The van der Waals surface area contributed by atoms with Crippen LogP contribution in [0.4, 0.5) is 4.39 Å². The summed E-state index contributed by atoms with van der Waals surface area (Å²) in [6.45, 7) is 3.73. The van der Waals surface area contributed by atoms with Crippen molar-refractivity contribution in [3.63, 3.8) is 0 Å². The second kappa shape index (κ2) is 5.51. The number of rotatable bonds is 2. The molecule has 0 radical (unpaired) electrons. The molecule has 0 saturated carbocycles. The summed E-state index contributed by atoms with van der Waals surface area (Å²) < 4.78 is 14.2. The number of aliphatic hydroxyl groups is 1. The topological polar surface area (TPSA) is 20.2 Å². The highest BCUT2D eigenvalue weighted by Gasteiger charge is 2.22. The highest BCUT2D eigenvalue weighted by atomic mass is 32.2. The van der Waals surface area contributed by atoms with Gasteiger partial charge in [-0.1, -0.05) is 6.07 Å². The number of hydrogen-bond acceptors (Lipinski definition) is 3. The lowest BCUT2D eigenvalue weighted by Gasteiger charge is -2.14. The van der Waals surface area contributed by atoms with Gasteiger partial charge in [0.1, 0.15) is 11.9 Å². The third-order valence-corrected chi connectivity index (χ3v) is 5.97. The molecule has 1 nitrogen and oxygen atoms in total. The van der Waals surface area contributed by atoms with Gasteiger partial charge in [0, 0.05) is 21.1 Å². The summed E-state index contributed by atoms with van der Waals surface area (Å²) in [7, 11) is 0. The molecule has 0 fully saturated rings. The minimum atomic E-state index is -0.851. The molecule has 20 heavy (non-hydrogen) atoms. The minimum absolute atomic E-state index is 0.309. The van der Waals surface area contributed by atoms with Crippen molar-refractivity contribution in [2.45, 2.75) is 32.1 Å². The van der Waals surface area contributed by atoms with Crippen molar-refractivity contribution in [3.05, 3.63) is 56.0 Å². The number of thiophene rings is 1. The van der Waals surface area contributed by atoms with Crippen LogP contribution in [0.1, 0.15) is 38.1 Å². The van der Waals surface area contributed by atoms with E-state index in [0.29, 0.717) is 5.56 Å². The summed E-state index contributed by atoms with van der Waals surface area (Å²) in [5.74, 6) is 1.84. The zero-order valence-electron chi connectivity index (χ0n) is 11.6. The van der Waals surface area contributed by atoms with Crippen molar-refractivity contribution in [1.82, 2.24) is 0 Å². The molecule has 1 unspecified atom stereocenters. The van der Waals surface area contributed by atoms with Gasteiger partial charge in [-0.3, -0.25) is 0 Å². The number of aliphatic hydroxyl groups excluding tert-OH is 1. The second-order valence-electron chi connectivity index (χ2n) is 5.28.